The maximum absolute atomic E-state index is 10.2. The first-order valence-electron chi connectivity index (χ1n) is 7.39. The highest BCUT2D eigenvalue weighted by Crippen LogP contribution is 2.26. The molecule has 0 amide bonds. The van der Waals surface area contributed by atoms with Crippen molar-refractivity contribution in [2.75, 3.05) is 26.2 Å². The van der Waals surface area contributed by atoms with Gasteiger partial charge < -0.3 is 10.8 Å². The monoisotopic (exact) mass is 255 g/mol. The molecule has 18 heavy (non-hydrogen) atoms. The van der Waals surface area contributed by atoms with Crippen molar-refractivity contribution in [2.45, 2.75) is 57.8 Å². The van der Waals surface area contributed by atoms with Crippen LogP contribution >= 0.6 is 0 Å². The molecular weight excluding hydrogens is 226 g/mol. The molecule has 4 heteroatoms. The van der Waals surface area contributed by atoms with Crippen LogP contribution in [0.4, 0.5) is 0 Å². The fourth-order valence-electron chi connectivity index (χ4n) is 3.34. The Kier molecular flexibility index (Phi) is 4.64. The number of likely N-dealkylation sites (tertiary alicyclic amines) is 2. The van der Waals surface area contributed by atoms with Crippen LogP contribution in [0.25, 0.3) is 0 Å². The van der Waals surface area contributed by atoms with Crippen LogP contribution in [0, 0.1) is 5.92 Å². The van der Waals surface area contributed by atoms with Crippen LogP contribution in [0.2, 0.25) is 0 Å². The molecule has 2 rings (SSSR count). The maximum Gasteiger partial charge on any atom is 0.0708 e. The molecule has 2 aliphatic rings. The smallest absolute Gasteiger partial charge is 0.0708 e. The molecule has 3 N–H and O–H groups in total. The fourth-order valence-corrected chi connectivity index (χ4v) is 3.34. The Bertz CT molecular complexity index is 272. The van der Waals surface area contributed by atoms with Crippen LogP contribution in [0.5, 0.6) is 0 Å². The summed E-state index contributed by atoms with van der Waals surface area (Å²) in [7, 11) is 0. The SMILES string of the molecule is CC(C)N1CC(O)C(CC(C)N2CCC(N)C2)C1. The van der Waals surface area contributed by atoms with Gasteiger partial charge in [0.1, 0.15) is 0 Å². The second-order valence-electron chi connectivity index (χ2n) is 6.50. The highest BCUT2D eigenvalue weighted by atomic mass is 16.3. The minimum absolute atomic E-state index is 0.147. The zero-order valence-electron chi connectivity index (χ0n) is 12.0. The number of aliphatic hydroxyl groups is 1. The van der Waals surface area contributed by atoms with Crippen LogP contribution in [0.3, 0.4) is 0 Å². The number of nitrogens with zero attached hydrogens (tertiary/aromatic N) is 2. The van der Waals surface area contributed by atoms with Crippen molar-refractivity contribution in [1.82, 2.24) is 9.80 Å². The summed E-state index contributed by atoms with van der Waals surface area (Å²) in [5.41, 5.74) is 5.96. The first kappa shape index (κ1) is 14.3. The maximum atomic E-state index is 10.2. The van der Waals surface area contributed by atoms with Crippen LogP contribution < -0.4 is 5.73 Å². The van der Waals surface area contributed by atoms with Gasteiger partial charge >= 0.3 is 0 Å². The fraction of sp³-hybridized carbons (Fsp3) is 1.00. The predicted molar refractivity (Wildman–Crippen MR) is 74.5 cm³/mol. The van der Waals surface area contributed by atoms with Gasteiger partial charge in [-0.1, -0.05) is 0 Å². The molecule has 0 aromatic heterocycles. The highest BCUT2D eigenvalue weighted by molar-refractivity contribution is 4.89. The Morgan fingerprint density at radius 3 is 2.39 bits per heavy atom. The predicted octanol–water partition coefficient (Wildman–Crippen LogP) is 0.499. The molecule has 0 aromatic rings. The molecular formula is C14H29N3O. The minimum atomic E-state index is -0.147. The third kappa shape index (κ3) is 3.23. The van der Waals surface area contributed by atoms with Crippen LogP contribution in [0.1, 0.15) is 33.6 Å². The van der Waals surface area contributed by atoms with Gasteiger partial charge in [-0.15, -0.1) is 0 Å². The van der Waals surface area contributed by atoms with E-state index < -0.39 is 0 Å². The Balaban J connectivity index is 1.82. The average molecular weight is 255 g/mol. The Labute approximate surface area is 111 Å². The summed E-state index contributed by atoms with van der Waals surface area (Å²) in [5, 5.41) is 10.2. The van der Waals surface area contributed by atoms with E-state index in [-0.39, 0.29) is 6.10 Å². The first-order chi connectivity index (χ1) is 8.47. The first-order valence-corrected chi connectivity index (χ1v) is 7.39. The lowest BCUT2D eigenvalue weighted by molar-refractivity contribution is 0.116. The second-order valence-corrected chi connectivity index (χ2v) is 6.50. The van der Waals surface area contributed by atoms with Crippen molar-refractivity contribution in [1.29, 1.82) is 0 Å². The number of hydrogen-bond acceptors (Lipinski definition) is 4. The summed E-state index contributed by atoms with van der Waals surface area (Å²) in [6, 6.07) is 1.44. The van der Waals surface area contributed by atoms with Gasteiger partial charge in [-0.2, -0.15) is 0 Å². The van der Waals surface area contributed by atoms with Crippen molar-refractivity contribution in [3.63, 3.8) is 0 Å². The van der Waals surface area contributed by atoms with E-state index in [1.165, 1.54) is 0 Å². The Morgan fingerprint density at radius 1 is 1.17 bits per heavy atom. The van der Waals surface area contributed by atoms with Gasteiger partial charge in [-0.05, 0) is 40.2 Å². The molecule has 0 saturated carbocycles. The number of rotatable bonds is 4. The zero-order chi connectivity index (χ0) is 13.3. The summed E-state index contributed by atoms with van der Waals surface area (Å²) in [6.07, 6.45) is 2.07. The van der Waals surface area contributed by atoms with Gasteiger partial charge in [0.2, 0.25) is 0 Å². The molecule has 4 unspecified atom stereocenters. The third-order valence-corrected chi connectivity index (χ3v) is 4.69. The van der Waals surface area contributed by atoms with Crippen molar-refractivity contribution in [2.24, 2.45) is 11.7 Å². The van der Waals surface area contributed by atoms with Gasteiger partial charge in [0.25, 0.3) is 0 Å². The van der Waals surface area contributed by atoms with E-state index in [0.717, 1.165) is 39.0 Å². The Morgan fingerprint density at radius 2 is 1.89 bits per heavy atom. The van der Waals surface area contributed by atoms with Gasteiger partial charge in [0.05, 0.1) is 6.10 Å². The van der Waals surface area contributed by atoms with Crippen LogP contribution in [0.15, 0.2) is 0 Å². The van der Waals surface area contributed by atoms with Crippen molar-refractivity contribution < 1.29 is 5.11 Å². The van der Waals surface area contributed by atoms with E-state index in [9.17, 15) is 5.11 Å². The van der Waals surface area contributed by atoms with Crippen LogP contribution in [-0.4, -0.2) is 65.3 Å². The lowest BCUT2D eigenvalue weighted by Gasteiger charge is -2.27. The second kappa shape index (κ2) is 5.87. The number of hydrogen-bond donors (Lipinski definition) is 2. The largest absolute Gasteiger partial charge is 0.391 e. The molecule has 106 valence electrons. The Hall–Kier alpha value is -0.160. The normalized spacial score (nSPS) is 36.7. The topological polar surface area (TPSA) is 52.7 Å². The van der Waals surface area contributed by atoms with Crippen molar-refractivity contribution >= 4 is 0 Å². The van der Waals surface area contributed by atoms with E-state index >= 15 is 0 Å². The van der Waals surface area contributed by atoms with E-state index in [2.05, 4.69) is 30.6 Å². The minimum Gasteiger partial charge on any atom is -0.391 e. The number of β-amino-alcohol motifs (C(OH)–C–C–N with tert-alkyl or cyclic N) is 1. The quantitative estimate of drug-likeness (QED) is 0.768. The van der Waals surface area contributed by atoms with Gasteiger partial charge in [-0.25, -0.2) is 0 Å². The van der Waals surface area contributed by atoms with Gasteiger partial charge in [0.15, 0.2) is 0 Å². The lowest BCUT2D eigenvalue weighted by Crippen LogP contribution is -2.36. The third-order valence-electron chi connectivity index (χ3n) is 4.69. The molecule has 4 nitrogen and oxygen atoms in total. The van der Waals surface area contributed by atoms with E-state index in [1.54, 1.807) is 0 Å². The molecule has 2 heterocycles. The number of aliphatic hydroxyl groups excluding tert-OH is 1. The molecule has 0 spiro atoms. The summed E-state index contributed by atoms with van der Waals surface area (Å²) >= 11 is 0. The van der Waals surface area contributed by atoms with E-state index in [4.69, 9.17) is 5.73 Å². The summed E-state index contributed by atoms with van der Waals surface area (Å²) in [6.45, 7) is 10.7. The standard InChI is InChI=1S/C14H29N3O/c1-10(2)17-7-12(14(18)9-17)6-11(3)16-5-4-13(15)8-16/h10-14,18H,4-9,15H2,1-3H3. The van der Waals surface area contributed by atoms with E-state index in [1.807, 2.05) is 0 Å². The summed E-state index contributed by atoms with van der Waals surface area (Å²) in [4.78, 5) is 4.87. The molecule has 0 aliphatic carbocycles. The van der Waals surface area contributed by atoms with Gasteiger partial charge in [-0.3, -0.25) is 9.80 Å². The molecule has 0 aromatic carbocycles. The zero-order valence-corrected chi connectivity index (χ0v) is 12.0. The molecule has 2 aliphatic heterocycles. The molecule has 0 radical (unpaired) electrons. The summed E-state index contributed by atoms with van der Waals surface area (Å²) < 4.78 is 0. The summed E-state index contributed by atoms with van der Waals surface area (Å²) in [5.74, 6) is 0.430. The molecule has 2 fully saturated rings. The lowest BCUT2D eigenvalue weighted by atomic mass is 9.97. The van der Waals surface area contributed by atoms with Crippen molar-refractivity contribution in [3.8, 4) is 0 Å². The van der Waals surface area contributed by atoms with Gasteiger partial charge in [0, 0.05) is 43.7 Å². The van der Waals surface area contributed by atoms with Crippen molar-refractivity contribution in [3.05, 3.63) is 0 Å². The molecule has 4 atom stereocenters. The van der Waals surface area contributed by atoms with E-state index in [0.29, 0.717) is 24.0 Å². The number of nitrogens with two attached hydrogens (primary N) is 1. The van der Waals surface area contributed by atoms with Crippen LogP contribution in [-0.2, 0) is 0 Å². The molecule has 2 saturated heterocycles. The molecule has 0 bridgehead atoms. The highest BCUT2D eigenvalue weighted by Gasteiger charge is 2.35. The average Bonchev–Trinajstić information content (AvgIpc) is 2.86.